The van der Waals surface area contributed by atoms with Gasteiger partial charge in [0.2, 0.25) is 0 Å². The Kier molecular flexibility index (Phi) is 4.95. The van der Waals surface area contributed by atoms with Gasteiger partial charge in [-0.25, -0.2) is 0 Å². The van der Waals surface area contributed by atoms with Crippen LogP contribution in [0.25, 0.3) is 0 Å². The van der Waals surface area contributed by atoms with Gasteiger partial charge in [0.15, 0.2) is 0 Å². The van der Waals surface area contributed by atoms with Crippen molar-refractivity contribution >= 4 is 0 Å². The molecule has 1 heterocycles. The summed E-state index contributed by atoms with van der Waals surface area (Å²) in [4.78, 5) is 2.48. The van der Waals surface area contributed by atoms with Crippen molar-refractivity contribution in [2.45, 2.75) is 52.7 Å². The normalized spacial score (nSPS) is 23.6. The van der Waals surface area contributed by atoms with E-state index in [-0.39, 0.29) is 5.41 Å². The predicted octanol–water partition coefficient (Wildman–Crippen LogP) is 3.46. The van der Waals surface area contributed by atoms with E-state index in [1.165, 1.54) is 5.56 Å². The highest BCUT2D eigenvalue weighted by atomic mass is 16.5. The first kappa shape index (κ1) is 16.3. The average molecular weight is 290 g/mol. The van der Waals surface area contributed by atoms with Gasteiger partial charge >= 0.3 is 0 Å². The molecule has 3 nitrogen and oxygen atoms in total. The second-order valence-electron chi connectivity index (χ2n) is 7.16. The first-order valence-electron chi connectivity index (χ1n) is 8.03. The largest absolute Gasteiger partial charge is 0.492 e. The second kappa shape index (κ2) is 6.37. The van der Waals surface area contributed by atoms with Crippen LogP contribution in [0.5, 0.6) is 5.75 Å². The summed E-state index contributed by atoms with van der Waals surface area (Å²) in [6.07, 6.45) is 0. The summed E-state index contributed by atoms with van der Waals surface area (Å²) >= 11 is 0. The van der Waals surface area contributed by atoms with Gasteiger partial charge in [-0.05, 0) is 32.0 Å². The monoisotopic (exact) mass is 290 g/mol. The second-order valence-corrected chi connectivity index (χ2v) is 7.16. The smallest absolute Gasteiger partial charge is 0.124 e. The molecule has 0 amide bonds. The summed E-state index contributed by atoms with van der Waals surface area (Å²) in [7, 11) is 2.22. The topological polar surface area (TPSA) is 24.5 Å². The Morgan fingerprint density at radius 2 is 2.00 bits per heavy atom. The van der Waals surface area contributed by atoms with E-state index < -0.39 is 0 Å². The van der Waals surface area contributed by atoms with Crippen LogP contribution in [0.4, 0.5) is 0 Å². The molecule has 0 radical (unpaired) electrons. The molecular weight excluding hydrogens is 260 g/mol. The zero-order chi connectivity index (χ0) is 15.6. The zero-order valence-corrected chi connectivity index (χ0v) is 14.3. The molecule has 0 aliphatic carbocycles. The predicted molar refractivity (Wildman–Crippen MR) is 88.8 cm³/mol. The van der Waals surface area contributed by atoms with E-state index >= 15 is 0 Å². The van der Waals surface area contributed by atoms with Crippen molar-refractivity contribution in [3.8, 4) is 5.75 Å². The Labute approximate surface area is 129 Å². The van der Waals surface area contributed by atoms with Gasteiger partial charge in [-0.15, -0.1) is 0 Å². The van der Waals surface area contributed by atoms with Gasteiger partial charge in [-0.1, -0.05) is 45.9 Å². The minimum atomic E-state index is 0.252. The molecule has 1 aromatic carbocycles. The van der Waals surface area contributed by atoms with Crippen LogP contribution in [0, 0.1) is 5.41 Å². The third-order valence-corrected chi connectivity index (χ3v) is 4.86. The fraction of sp³-hybridized carbons (Fsp3) is 0.667. The first-order chi connectivity index (χ1) is 9.86. The van der Waals surface area contributed by atoms with Gasteiger partial charge in [0.05, 0.1) is 12.1 Å². The van der Waals surface area contributed by atoms with E-state index in [1.807, 2.05) is 6.07 Å². The van der Waals surface area contributed by atoms with Crippen LogP contribution >= 0.6 is 0 Å². The zero-order valence-electron chi connectivity index (χ0n) is 14.3. The number of hydrogen-bond acceptors (Lipinski definition) is 3. The van der Waals surface area contributed by atoms with Crippen molar-refractivity contribution < 1.29 is 4.74 Å². The number of hydrogen-bond donors (Lipinski definition) is 1. The molecule has 1 aliphatic rings. The highest BCUT2D eigenvalue weighted by Gasteiger charge is 2.37. The van der Waals surface area contributed by atoms with Crippen LogP contribution < -0.4 is 10.1 Å². The van der Waals surface area contributed by atoms with E-state index in [0.717, 1.165) is 18.9 Å². The van der Waals surface area contributed by atoms with Crippen molar-refractivity contribution in [1.29, 1.82) is 0 Å². The van der Waals surface area contributed by atoms with Crippen molar-refractivity contribution in [2.24, 2.45) is 5.41 Å². The number of fused-ring (bicyclic) bond motifs is 1. The van der Waals surface area contributed by atoms with Gasteiger partial charge in [-0.3, -0.25) is 4.90 Å². The Hall–Kier alpha value is -1.06. The molecule has 0 spiro atoms. The van der Waals surface area contributed by atoms with Gasteiger partial charge in [0, 0.05) is 11.6 Å². The van der Waals surface area contributed by atoms with Crippen molar-refractivity contribution in [3.63, 3.8) is 0 Å². The molecule has 1 aliphatic heterocycles. The highest BCUT2D eigenvalue weighted by molar-refractivity contribution is 5.38. The summed E-state index contributed by atoms with van der Waals surface area (Å²) in [6, 6.07) is 9.57. The Morgan fingerprint density at radius 1 is 1.33 bits per heavy atom. The third-order valence-electron chi connectivity index (χ3n) is 4.86. The maximum Gasteiger partial charge on any atom is 0.124 e. The molecule has 3 unspecified atom stereocenters. The molecule has 2 rings (SSSR count). The molecular formula is C18H30N2O. The molecule has 0 fully saturated rings. The van der Waals surface area contributed by atoms with E-state index in [4.69, 9.17) is 4.74 Å². The minimum Gasteiger partial charge on any atom is -0.492 e. The lowest BCUT2D eigenvalue weighted by Gasteiger charge is -2.45. The van der Waals surface area contributed by atoms with Crippen LogP contribution in [-0.2, 0) is 0 Å². The molecule has 0 aromatic heterocycles. The van der Waals surface area contributed by atoms with Crippen LogP contribution in [0.15, 0.2) is 24.3 Å². The number of rotatable bonds is 4. The number of ether oxygens (including phenoxy) is 1. The quantitative estimate of drug-likeness (QED) is 0.919. The molecule has 1 N–H and O–H groups in total. The Morgan fingerprint density at radius 3 is 2.62 bits per heavy atom. The maximum atomic E-state index is 6.01. The van der Waals surface area contributed by atoms with E-state index in [1.54, 1.807) is 0 Å². The van der Waals surface area contributed by atoms with E-state index in [0.29, 0.717) is 18.1 Å². The number of benzene rings is 1. The van der Waals surface area contributed by atoms with Crippen LogP contribution in [0.3, 0.4) is 0 Å². The Bertz CT molecular complexity index is 467. The molecule has 0 saturated heterocycles. The molecule has 3 heteroatoms. The van der Waals surface area contributed by atoms with Crippen molar-refractivity contribution in [3.05, 3.63) is 29.8 Å². The van der Waals surface area contributed by atoms with Crippen molar-refractivity contribution in [1.82, 2.24) is 10.2 Å². The molecule has 1 aromatic rings. The number of likely N-dealkylation sites (N-methyl/N-ethyl adjacent to an activating group) is 2. The fourth-order valence-electron chi connectivity index (χ4n) is 3.06. The average Bonchev–Trinajstić information content (AvgIpc) is 2.45. The lowest BCUT2D eigenvalue weighted by Crippen LogP contribution is -2.54. The van der Waals surface area contributed by atoms with Gasteiger partial charge < -0.3 is 10.1 Å². The maximum absolute atomic E-state index is 6.01. The summed E-state index contributed by atoms with van der Waals surface area (Å²) in [5, 5.41) is 3.66. The molecule has 0 saturated carbocycles. The summed E-state index contributed by atoms with van der Waals surface area (Å²) < 4.78 is 6.01. The summed E-state index contributed by atoms with van der Waals surface area (Å²) in [5.41, 5.74) is 1.53. The first-order valence-corrected chi connectivity index (χ1v) is 8.03. The van der Waals surface area contributed by atoms with Crippen LogP contribution in [-0.4, -0.2) is 37.2 Å². The minimum absolute atomic E-state index is 0.252. The number of nitrogens with zero attached hydrogens (tertiary/aromatic N) is 1. The van der Waals surface area contributed by atoms with Gasteiger partial charge in [-0.2, -0.15) is 0 Å². The SMILES string of the molecule is CCNC1c2ccccc2OCC1N(C)C(C)C(C)(C)C. The third kappa shape index (κ3) is 3.41. The standard InChI is InChI=1S/C18H30N2O/c1-7-19-17-14-10-8-9-11-16(14)21-12-15(17)20(6)13(2)18(3,4)5/h8-11,13,15,17,19H,7,12H2,1-6H3. The van der Waals surface area contributed by atoms with E-state index in [9.17, 15) is 0 Å². The van der Waals surface area contributed by atoms with Gasteiger partial charge in [0.1, 0.15) is 12.4 Å². The number of nitrogens with one attached hydrogen (secondary N) is 1. The van der Waals surface area contributed by atoms with Crippen LogP contribution in [0.2, 0.25) is 0 Å². The summed E-state index contributed by atoms with van der Waals surface area (Å²) in [6.45, 7) is 13.1. The molecule has 21 heavy (non-hydrogen) atoms. The Balaban J connectivity index is 2.28. The lowest BCUT2D eigenvalue weighted by atomic mass is 9.85. The molecule has 3 atom stereocenters. The fourth-order valence-corrected chi connectivity index (χ4v) is 3.06. The van der Waals surface area contributed by atoms with Crippen molar-refractivity contribution in [2.75, 3.05) is 20.2 Å². The lowest BCUT2D eigenvalue weighted by molar-refractivity contribution is 0.0389. The summed E-state index contributed by atoms with van der Waals surface area (Å²) in [5.74, 6) is 1.02. The highest BCUT2D eigenvalue weighted by Crippen LogP contribution is 2.36. The molecule has 0 bridgehead atoms. The molecule has 118 valence electrons. The van der Waals surface area contributed by atoms with E-state index in [2.05, 4.69) is 70.1 Å². The van der Waals surface area contributed by atoms with Gasteiger partial charge in [0.25, 0.3) is 0 Å². The number of para-hydroxylation sites is 1. The van der Waals surface area contributed by atoms with Crippen LogP contribution in [0.1, 0.15) is 46.2 Å².